The van der Waals surface area contributed by atoms with Crippen LogP contribution in [0.1, 0.15) is 30.0 Å². The van der Waals surface area contributed by atoms with E-state index in [0.29, 0.717) is 12.3 Å². The Morgan fingerprint density at radius 2 is 1.50 bits per heavy atom. The highest BCUT2D eigenvalue weighted by atomic mass is 32.2. The van der Waals surface area contributed by atoms with Gasteiger partial charge in [0, 0.05) is 25.6 Å². The maximum atomic E-state index is 14.5. The molecule has 230 valence electrons. The van der Waals surface area contributed by atoms with Gasteiger partial charge in [-0.1, -0.05) is 91.3 Å². The predicted molar refractivity (Wildman–Crippen MR) is 173 cm³/mol. The van der Waals surface area contributed by atoms with Crippen LogP contribution in [0.5, 0.6) is 5.75 Å². The zero-order valence-corrected chi connectivity index (χ0v) is 26.2. The van der Waals surface area contributed by atoms with Gasteiger partial charge in [-0.3, -0.25) is 13.9 Å². The number of methoxy groups -OCH3 is 1. The maximum Gasteiger partial charge on any atom is 0.264 e. The Morgan fingerprint density at radius 1 is 0.841 bits per heavy atom. The normalized spacial score (nSPS) is 11.8. The minimum absolute atomic E-state index is 0.0439. The Kier molecular flexibility index (Phi) is 11.2. The molecule has 0 radical (unpaired) electrons. The second kappa shape index (κ2) is 15.2. The minimum Gasteiger partial charge on any atom is -0.497 e. The van der Waals surface area contributed by atoms with Crippen LogP contribution in [0.2, 0.25) is 0 Å². The van der Waals surface area contributed by atoms with Crippen molar-refractivity contribution in [2.24, 2.45) is 0 Å². The lowest BCUT2D eigenvalue weighted by Crippen LogP contribution is -2.53. The molecule has 0 aliphatic carbocycles. The Morgan fingerprint density at radius 3 is 2.16 bits per heavy atom. The monoisotopic (exact) mass is 613 g/mol. The number of benzene rings is 4. The smallest absolute Gasteiger partial charge is 0.264 e. The lowest BCUT2D eigenvalue weighted by atomic mass is 10.0. The summed E-state index contributed by atoms with van der Waals surface area (Å²) in [6, 6.07) is 30.9. The zero-order chi connectivity index (χ0) is 31.5. The Labute approximate surface area is 260 Å². The number of hydrogen-bond donors (Lipinski definition) is 1. The highest BCUT2D eigenvalue weighted by Crippen LogP contribution is 2.28. The lowest BCUT2D eigenvalue weighted by molar-refractivity contribution is -0.140. The Hall–Kier alpha value is -4.63. The number of nitrogens with one attached hydrogen (secondary N) is 1. The molecule has 1 N–H and O–H groups in total. The second-order valence-corrected chi connectivity index (χ2v) is 12.4. The third-order valence-corrected chi connectivity index (χ3v) is 9.00. The standard InChI is InChI=1S/C35H39N3O5S/c1-4-21-36-35(40)33(23-28-14-7-5-8-15-28)37(25-29-16-11-13-27(2)22-29)34(39)26-38(30-17-12-18-31(24-30)43-3)44(41,42)32-19-9-6-10-20-32/h5-20,22,24,33H,4,21,23,25-26H2,1-3H3,(H,36,40)/t33-/m1/s1. The fourth-order valence-electron chi connectivity index (χ4n) is 4.94. The van der Waals surface area contributed by atoms with Crippen LogP contribution in [-0.2, 0) is 32.6 Å². The van der Waals surface area contributed by atoms with Gasteiger partial charge in [0.1, 0.15) is 18.3 Å². The molecular weight excluding hydrogens is 574 g/mol. The predicted octanol–water partition coefficient (Wildman–Crippen LogP) is 5.37. The summed E-state index contributed by atoms with van der Waals surface area (Å²) in [4.78, 5) is 29.7. The first-order valence-corrected chi connectivity index (χ1v) is 16.1. The molecule has 9 heteroatoms. The molecule has 0 saturated heterocycles. The molecule has 4 aromatic carbocycles. The first-order chi connectivity index (χ1) is 21.2. The molecule has 4 rings (SSSR count). The van der Waals surface area contributed by atoms with Gasteiger partial charge in [-0.05, 0) is 48.7 Å². The maximum absolute atomic E-state index is 14.5. The molecule has 0 aromatic heterocycles. The first kappa shape index (κ1) is 32.3. The SMILES string of the molecule is CCCNC(=O)[C@@H](Cc1ccccc1)N(Cc1cccc(C)c1)C(=O)CN(c1cccc(OC)c1)S(=O)(=O)c1ccccc1. The quantitative estimate of drug-likeness (QED) is 0.207. The molecule has 0 aliphatic rings. The summed E-state index contributed by atoms with van der Waals surface area (Å²) in [6.07, 6.45) is 0.993. The summed E-state index contributed by atoms with van der Waals surface area (Å²) >= 11 is 0. The van der Waals surface area contributed by atoms with Crippen LogP contribution in [-0.4, -0.2) is 51.4 Å². The summed E-state index contributed by atoms with van der Waals surface area (Å²) in [5.41, 5.74) is 2.99. The van der Waals surface area contributed by atoms with E-state index in [1.165, 1.54) is 24.1 Å². The van der Waals surface area contributed by atoms with Gasteiger partial charge in [-0.25, -0.2) is 8.42 Å². The summed E-state index contributed by atoms with van der Waals surface area (Å²) in [5.74, 6) is -0.363. The van der Waals surface area contributed by atoms with Crippen molar-refractivity contribution < 1.29 is 22.7 Å². The number of rotatable bonds is 14. The molecule has 2 amide bonds. The van der Waals surface area contributed by atoms with Crippen LogP contribution < -0.4 is 14.4 Å². The van der Waals surface area contributed by atoms with E-state index in [-0.39, 0.29) is 29.5 Å². The summed E-state index contributed by atoms with van der Waals surface area (Å²) < 4.78 is 34.6. The van der Waals surface area contributed by atoms with Crippen molar-refractivity contribution in [3.05, 3.63) is 126 Å². The number of carbonyl (C=O) groups is 2. The van der Waals surface area contributed by atoms with E-state index in [1.54, 1.807) is 42.5 Å². The van der Waals surface area contributed by atoms with E-state index < -0.39 is 28.5 Å². The molecule has 44 heavy (non-hydrogen) atoms. The van der Waals surface area contributed by atoms with Crippen molar-refractivity contribution in [3.63, 3.8) is 0 Å². The second-order valence-electron chi connectivity index (χ2n) is 10.5. The summed E-state index contributed by atoms with van der Waals surface area (Å²) in [6.45, 7) is 3.97. The molecule has 0 unspecified atom stereocenters. The molecule has 8 nitrogen and oxygen atoms in total. The van der Waals surface area contributed by atoms with E-state index in [1.807, 2.05) is 68.4 Å². The van der Waals surface area contributed by atoms with Crippen LogP contribution in [0.15, 0.2) is 114 Å². The Balaban J connectivity index is 1.80. The van der Waals surface area contributed by atoms with E-state index in [2.05, 4.69) is 5.32 Å². The largest absolute Gasteiger partial charge is 0.497 e. The van der Waals surface area contributed by atoms with Crippen molar-refractivity contribution in [2.45, 2.75) is 44.2 Å². The van der Waals surface area contributed by atoms with Gasteiger partial charge in [-0.2, -0.15) is 0 Å². The van der Waals surface area contributed by atoms with Gasteiger partial charge in [0.2, 0.25) is 11.8 Å². The zero-order valence-electron chi connectivity index (χ0n) is 25.3. The number of amides is 2. The van der Waals surface area contributed by atoms with Gasteiger partial charge in [0.05, 0.1) is 17.7 Å². The van der Waals surface area contributed by atoms with Crippen molar-refractivity contribution in [3.8, 4) is 5.75 Å². The first-order valence-electron chi connectivity index (χ1n) is 14.6. The topological polar surface area (TPSA) is 96.0 Å². The minimum atomic E-state index is -4.18. The van der Waals surface area contributed by atoms with Crippen LogP contribution >= 0.6 is 0 Å². The molecule has 0 spiro atoms. The van der Waals surface area contributed by atoms with E-state index in [0.717, 1.165) is 27.4 Å². The highest BCUT2D eigenvalue weighted by molar-refractivity contribution is 7.92. The molecule has 0 saturated carbocycles. The number of hydrogen-bond acceptors (Lipinski definition) is 5. The van der Waals surface area contributed by atoms with Crippen LogP contribution in [0.3, 0.4) is 0 Å². The van der Waals surface area contributed by atoms with Crippen molar-refractivity contribution in [1.82, 2.24) is 10.2 Å². The molecule has 4 aromatic rings. The number of aryl methyl sites for hydroxylation is 1. The molecular formula is C35H39N3O5S. The number of ether oxygens (including phenoxy) is 1. The third-order valence-electron chi connectivity index (χ3n) is 7.21. The van der Waals surface area contributed by atoms with Crippen LogP contribution in [0.25, 0.3) is 0 Å². The molecule has 0 bridgehead atoms. The van der Waals surface area contributed by atoms with Gasteiger partial charge in [0.15, 0.2) is 0 Å². The van der Waals surface area contributed by atoms with Crippen LogP contribution in [0, 0.1) is 6.92 Å². The highest BCUT2D eigenvalue weighted by Gasteiger charge is 2.34. The number of sulfonamides is 1. The fraction of sp³-hybridized carbons (Fsp3) is 0.257. The Bertz CT molecular complexity index is 1650. The van der Waals surface area contributed by atoms with E-state index in [9.17, 15) is 18.0 Å². The van der Waals surface area contributed by atoms with Crippen molar-refractivity contribution in [2.75, 3.05) is 24.5 Å². The van der Waals surface area contributed by atoms with Gasteiger partial charge < -0.3 is 15.0 Å². The molecule has 0 aliphatic heterocycles. The van der Waals surface area contributed by atoms with Crippen molar-refractivity contribution >= 4 is 27.5 Å². The summed E-state index contributed by atoms with van der Waals surface area (Å²) in [5, 5.41) is 2.96. The van der Waals surface area contributed by atoms with Crippen molar-refractivity contribution in [1.29, 1.82) is 0 Å². The average molecular weight is 614 g/mol. The molecule has 1 atom stereocenters. The van der Waals surface area contributed by atoms with Crippen LogP contribution in [0.4, 0.5) is 5.69 Å². The third kappa shape index (κ3) is 8.26. The number of anilines is 1. The molecule has 0 fully saturated rings. The van der Waals surface area contributed by atoms with E-state index >= 15 is 0 Å². The van der Waals surface area contributed by atoms with Gasteiger partial charge in [0.25, 0.3) is 10.0 Å². The van der Waals surface area contributed by atoms with Gasteiger partial charge >= 0.3 is 0 Å². The van der Waals surface area contributed by atoms with Gasteiger partial charge in [-0.15, -0.1) is 0 Å². The summed E-state index contributed by atoms with van der Waals surface area (Å²) in [7, 11) is -2.68. The van der Waals surface area contributed by atoms with E-state index in [4.69, 9.17) is 4.74 Å². The number of nitrogens with zero attached hydrogens (tertiary/aromatic N) is 2. The lowest BCUT2D eigenvalue weighted by Gasteiger charge is -2.34. The average Bonchev–Trinajstić information content (AvgIpc) is 3.04. The number of carbonyl (C=O) groups excluding carboxylic acids is 2. The molecule has 0 heterocycles. The fourth-order valence-corrected chi connectivity index (χ4v) is 6.37.